The first-order valence-corrected chi connectivity index (χ1v) is 8.44. The van der Waals surface area contributed by atoms with Gasteiger partial charge in [0.15, 0.2) is 0 Å². The maximum atomic E-state index is 12.7. The molecular weight excluding hydrogens is 336 g/mol. The van der Waals surface area contributed by atoms with Crippen molar-refractivity contribution >= 4 is 11.9 Å². The summed E-state index contributed by atoms with van der Waals surface area (Å²) in [6, 6.07) is 3.54. The lowest BCUT2D eigenvalue weighted by Crippen LogP contribution is -2.33. The van der Waals surface area contributed by atoms with Gasteiger partial charge in [0, 0.05) is 23.8 Å². The molecule has 7 heteroatoms. The van der Waals surface area contributed by atoms with E-state index in [4.69, 9.17) is 14.6 Å². The molecule has 0 bridgehead atoms. The van der Waals surface area contributed by atoms with Crippen molar-refractivity contribution < 1.29 is 24.2 Å². The van der Waals surface area contributed by atoms with E-state index in [0.29, 0.717) is 28.1 Å². The van der Waals surface area contributed by atoms with Gasteiger partial charge in [-0.1, -0.05) is 6.07 Å². The summed E-state index contributed by atoms with van der Waals surface area (Å²) >= 11 is 0. The number of carbonyl (C=O) groups excluding carboxylic acids is 2. The van der Waals surface area contributed by atoms with Gasteiger partial charge in [-0.3, -0.25) is 4.98 Å². The molecule has 1 aliphatic rings. The van der Waals surface area contributed by atoms with Gasteiger partial charge in [-0.15, -0.1) is 0 Å². The topological polar surface area (TPSA) is 97.8 Å². The number of ether oxygens (including phenoxy) is 2. The van der Waals surface area contributed by atoms with Crippen LogP contribution in [-0.2, 0) is 19.1 Å². The van der Waals surface area contributed by atoms with Crippen molar-refractivity contribution in [2.75, 3.05) is 13.2 Å². The number of carbonyl (C=O) groups is 2. The third-order valence-electron chi connectivity index (χ3n) is 3.89. The second kappa shape index (κ2) is 8.62. The third-order valence-corrected chi connectivity index (χ3v) is 3.89. The highest BCUT2D eigenvalue weighted by atomic mass is 16.5. The Bertz CT molecular complexity index is 738. The molecule has 1 aromatic rings. The molecule has 1 unspecified atom stereocenters. The van der Waals surface area contributed by atoms with Crippen LogP contribution in [0, 0.1) is 0 Å². The predicted octanol–water partition coefficient (Wildman–Crippen LogP) is 1.80. The van der Waals surface area contributed by atoms with Crippen LogP contribution in [0.5, 0.6) is 0 Å². The first-order chi connectivity index (χ1) is 12.4. The van der Waals surface area contributed by atoms with Crippen LogP contribution in [0.15, 0.2) is 47.1 Å². The molecule has 26 heavy (non-hydrogen) atoms. The van der Waals surface area contributed by atoms with Gasteiger partial charge in [0.1, 0.15) is 6.61 Å². The van der Waals surface area contributed by atoms with Gasteiger partial charge in [-0.25, -0.2) is 9.59 Å². The van der Waals surface area contributed by atoms with Crippen LogP contribution in [0.1, 0.15) is 39.2 Å². The summed E-state index contributed by atoms with van der Waals surface area (Å²) in [5.74, 6) is -1.76. The number of hydrogen-bond donors (Lipinski definition) is 2. The summed E-state index contributed by atoms with van der Waals surface area (Å²) < 4.78 is 10.5. The second-order valence-corrected chi connectivity index (χ2v) is 6.24. The Kier molecular flexibility index (Phi) is 6.52. The van der Waals surface area contributed by atoms with Gasteiger partial charge in [-0.05, 0) is 39.3 Å². The monoisotopic (exact) mass is 360 g/mol. The fourth-order valence-electron chi connectivity index (χ4n) is 2.91. The number of dihydropyridines is 1. The van der Waals surface area contributed by atoms with Crippen molar-refractivity contribution in [3.05, 3.63) is 52.6 Å². The van der Waals surface area contributed by atoms with E-state index in [0.717, 1.165) is 0 Å². The number of nitrogens with zero attached hydrogens (tertiary/aromatic N) is 1. The van der Waals surface area contributed by atoms with E-state index in [9.17, 15) is 9.59 Å². The molecule has 1 aromatic heterocycles. The van der Waals surface area contributed by atoms with Crippen molar-refractivity contribution in [3.8, 4) is 0 Å². The average molecular weight is 360 g/mol. The Balaban J connectivity index is 2.54. The molecule has 0 fully saturated rings. The molecule has 1 atom stereocenters. The van der Waals surface area contributed by atoms with Gasteiger partial charge in [-0.2, -0.15) is 0 Å². The van der Waals surface area contributed by atoms with Crippen LogP contribution >= 0.6 is 0 Å². The fourth-order valence-corrected chi connectivity index (χ4v) is 2.91. The first kappa shape index (κ1) is 19.7. The smallest absolute Gasteiger partial charge is 0.337 e. The largest absolute Gasteiger partial charge is 0.460 e. The van der Waals surface area contributed by atoms with E-state index >= 15 is 0 Å². The minimum Gasteiger partial charge on any atom is -0.460 e. The Morgan fingerprint density at radius 2 is 1.88 bits per heavy atom. The van der Waals surface area contributed by atoms with Crippen LogP contribution in [-0.4, -0.2) is 41.3 Å². The molecule has 0 amide bonds. The predicted molar refractivity (Wildman–Crippen MR) is 94.8 cm³/mol. The van der Waals surface area contributed by atoms with Crippen molar-refractivity contribution in [2.45, 2.75) is 39.7 Å². The normalized spacial score (nSPS) is 17.2. The molecule has 2 heterocycles. The summed E-state index contributed by atoms with van der Waals surface area (Å²) in [4.78, 5) is 29.5. The molecule has 0 aromatic carbocycles. The average Bonchev–Trinajstić information content (AvgIpc) is 2.59. The number of nitrogens with one attached hydrogen (secondary N) is 1. The Morgan fingerprint density at radius 1 is 1.23 bits per heavy atom. The van der Waals surface area contributed by atoms with Crippen LogP contribution in [0.2, 0.25) is 0 Å². The van der Waals surface area contributed by atoms with Gasteiger partial charge in [0.05, 0.1) is 29.8 Å². The molecule has 0 spiro atoms. The lowest BCUT2D eigenvalue weighted by Gasteiger charge is -2.30. The quantitative estimate of drug-likeness (QED) is 0.747. The minimum absolute atomic E-state index is 0.121. The number of hydrogen-bond acceptors (Lipinski definition) is 7. The van der Waals surface area contributed by atoms with Gasteiger partial charge < -0.3 is 19.9 Å². The zero-order valence-corrected chi connectivity index (χ0v) is 15.4. The van der Waals surface area contributed by atoms with Crippen LogP contribution in [0.4, 0.5) is 0 Å². The number of aromatic nitrogens is 1. The van der Waals surface area contributed by atoms with Crippen molar-refractivity contribution in [1.29, 1.82) is 0 Å². The highest BCUT2D eigenvalue weighted by Crippen LogP contribution is 2.39. The number of allylic oxidation sites excluding steroid dienone is 2. The molecule has 1 aliphatic heterocycles. The minimum atomic E-state index is -0.664. The highest BCUT2D eigenvalue weighted by molar-refractivity contribution is 5.99. The van der Waals surface area contributed by atoms with Gasteiger partial charge in [0.25, 0.3) is 0 Å². The van der Waals surface area contributed by atoms with E-state index in [1.807, 2.05) is 0 Å². The number of aliphatic hydroxyl groups is 1. The molecule has 0 saturated heterocycles. The number of esters is 2. The molecule has 2 rings (SSSR count). The van der Waals surface area contributed by atoms with E-state index in [2.05, 4.69) is 10.3 Å². The van der Waals surface area contributed by atoms with Gasteiger partial charge in [0.2, 0.25) is 0 Å². The van der Waals surface area contributed by atoms with Crippen molar-refractivity contribution in [1.82, 2.24) is 10.3 Å². The standard InChI is InChI=1S/C19H24N2O5/c1-11(2)26-19(24)16-13(4)21-12(3)15(18(23)25-9-8-22)17(16)14-6-5-7-20-10-14/h5-7,10-11,17,21-22H,8-9H2,1-4H3. The fraction of sp³-hybridized carbons (Fsp3) is 0.421. The number of aliphatic hydroxyl groups excluding tert-OH is 1. The molecule has 0 saturated carbocycles. The Morgan fingerprint density at radius 3 is 2.42 bits per heavy atom. The van der Waals surface area contributed by atoms with Crippen LogP contribution in [0.25, 0.3) is 0 Å². The maximum absolute atomic E-state index is 12.7. The lowest BCUT2D eigenvalue weighted by molar-refractivity contribution is -0.143. The number of rotatable bonds is 6. The molecule has 7 nitrogen and oxygen atoms in total. The van der Waals surface area contributed by atoms with Crippen LogP contribution < -0.4 is 5.32 Å². The molecule has 0 radical (unpaired) electrons. The van der Waals surface area contributed by atoms with E-state index in [-0.39, 0.29) is 19.3 Å². The first-order valence-electron chi connectivity index (χ1n) is 8.44. The Labute approximate surface area is 152 Å². The van der Waals surface area contributed by atoms with Crippen LogP contribution in [0.3, 0.4) is 0 Å². The summed E-state index contributed by atoms with van der Waals surface area (Å²) in [6.07, 6.45) is 2.93. The summed E-state index contributed by atoms with van der Waals surface area (Å²) in [5.41, 5.74) is 2.52. The highest BCUT2D eigenvalue weighted by Gasteiger charge is 2.38. The molecule has 2 N–H and O–H groups in total. The SMILES string of the molecule is CC1=C(C(=O)OCCO)C(c2cccnc2)C(C(=O)OC(C)C)=C(C)N1. The van der Waals surface area contributed by atoms with Gasteiger partial charge >= 0.3 is 11.9 Å². The molecule has 0 aliphatic carbocycles. The zero-order valence-electron chi connectivity index (χ0n) is 15.4. The Hall–Kier alpha value is -2.67. The molecular formula is C19H24N2O5. The van der Waals surface area contributed by atoms with E-state index in [1.54, 1.807) is 52.2 Å². The third kappa shape index (κ3) is 4.29. The molecule has 140 valence electrons. The van der Waals surface area contributed by atoms with Crippen molar-refractivity contribution in [2.24, 2.45) is 0 Å². The van der Waals surface area contributed by atoms with Crippen molar-refractivity contribution in [3.63, 3.8) is 0 Å². The second-order valence-electron chi connectivity index (χ2n) is 6.24. The zero-order chi connectivity index (χ0) is 19.3. The summed E-state index contributed by atoms with van der Waals surface area (Å²) in [6.45, 7) is 6.64. The summed E-state index contributed by atoms with van der Waals surface area (Å²) in [5, 5.41) is 12.0. The van der Waals surface area contributed by atoms with E-state index in [1.165, 1.54) is 0 Å². The van der Waals surface area contributed by atoms with E-state index < -0.39 is 17.9 Å². The summed E-state index contributed by atoms with van der Waals surface area (Å²) in [7, 11) is 0. The maximum Gasteiger partial charge on any atom is 0.337 e. The number of pyridine rings is 1. The lowest BCUT2D eigenvalue weighted by atomic mass is 9.81.